The number of carbonyl (C=O) groups excluding carboxylic acids is 1. The third-order valence-corrected chi connectivity index (χ3v) is 3.23. The number of fused-ring (bicyclic) bond motifs is 1. The molecule has 0 fully saturated rings. The molecule has 1 heterocycles. The Labute approximate surface area is 111 Å². The van der Waals surface area contributed by atoms with Crippen LogP contribution in [0.1, 0.15) is 30.8 Å². The van der Waals surface area contributed by atoms with Gasteiger partial charge in [-0.3, -0.25) is 9.78 Å². The Morgan fingerprint density at radius 3 is 2.68 bits per heavy atom. The summed E-state index contributed by atoms with van der Waals surface area (Å²) in [6.45, 7) is 3.58. The highest BCUT2D eigenvalue weighted by atomic mass is 16.3. The molecule has 0 aliphatic rings. The molecule has 0 spiro atoms. The molecular formula is C14H17N3O2. The normalized spacial score (nSPS) is 14.1. The molecule has 0 radical (unpaired) electrons. The molecule has 1 aromatic carbocycles. The minimum Gasteiger partial charge on any atom is -0.394 e. The van der Waals surface area contributed by atoms with Crippen molar-refractivity contribution in [3.05, 3.63) is 36.2 Å². The van der Waals surface area contributed by atoms with Crippen LogP contribution in [-0.2, 0) is 0 Å². The number of rotatable bonds is 4. The van der Waals surface area contributed by atoms with Gasteiger partial charge in [-0.15, -0.1) is 0 Å². The van der Waals surface area contributed by atoms with Crippen molar-refractivity contribution in [1.82, 2.24) is 15.3 Å². The molecule has 1 amide bonds. The van der Waals surface area contributed by atoms with Crippen LogP contribution in [0.3, 0.4) is 0 Å². The van der Waals surface area contributed by atoms with Gasteiger partial charge >= 0.3 is 0 Å². The number of para-hydroxylation sites is 2. The standard InChI is InChI=1S/C14H17N3O2/c1-3-14(2,9-18)17-13(19)12-8-15-10-6-4-5-7-11(10)16-12/h4-8,18H,3,9H2,1-2H3,(H,17,19). The summed E-state index contributed by atoms with van der Waals surface area (Å²) in [5.74, 6) is -0.323. The van der Waals surface area contributed by atoms with Crippen LogP contribution >= 0.6 is 0 Å². The SMILES string of the molecule is CCC(C)(CO)NC(=O)c1cnc2ccccc2n1. The summed E-state index contributed by atoms with van der Waals surface area (Å²) in [7, 11) is 0. The number of aliphatic hydroxyl groups excluding tert-OH is 1. The summed E-state index contributed by atoms with van der Waals surface area (Å²) in [4.78, 5) is 20.6. The third-order valence-electron chi connectivity index (χ3n) is 3.23. The summed E-state index contributed by atoms with van der Waals surface area (Å²) in [5.41, 5.74) is 1.05. The number of amides is 1. The molecule has 5 nitrogen and oxygen atoms in total. The number of nitrogens with zero attached hydrogens (tertiary/aromatic N) is 2. The van der Waals surface area contributed by atoms with E-state index in [1.165, 1.54) is 6.20 Å². The zero-order valence-corrected chi connectivity index (χ0v) is 11.1. The first kappa shape index (κ1) is 13.4. The van der Waals surface area contributed by atoms with Crippen molar-refractivity contribution >= 4 is 16.9 Å². The van der Waals surface area contributed by atoms with E-state index in [-0.39, 0.29) is 18.2 Å². The average Bonchev–Trinajstić information content (AvgIpc) is 2.46. The van der Waals surface area contributed by atoms with Crippen LogP contribution in [0.2, 0.25) is 0 Å². The van der Waals surface area contributed by atoms with Crippen molar-refractivity contribution in [2.45, 2.75) is 25.8 Å². The highest BCUT2D eigenvalue weighted by molar-refractivity contribution is 5.94. The van der Waals surface area contributed by atoms with E-state index >= 15 is 0 Å². The zero-order valence-electron chi connectivity index (χ0n) is 11.1. The maximum absolute atomic E-state index is 12.1. The fourth-order valence-corrected chi connectivity index (χ4v) is 1.64. The molecule has 0 aliphatic heterocycles. The monoisotopic (exact) mass is 259 g/mol. The van der Waals surface area contributed by atoms with Crippen LogP contribution in [-0.4, -0.2) is 33.1 Å². The van der Waals surface area contributed by atoms with Gasteiger partial charge in [0.2, 0.25) is 0 Å². The van der Waals surface area contributed by atoms with E-state index in [4.69, 9.17) is 0 Å². The van der Waals surface area contributed by atoms with Crippen molar-refractivity contribution < 1.29 is 9.90 Å². The average molecular weight is 259 g/mol. The minimum atomic E-state index is -0.635. The molecule has 2 aromatic rings. The lowest BCUT2D eigenvalue weighted by atomic mass is 10.0. The lowest BCUT2D eigenvalue weighted by molar-refractivity contribution is 0.0842. The van der Waals surface area contributed by atoms with E-state index in [1.54, 1.807) is 6.92 Å². The van der Waals surface area contributed by atoms with Gasteiger partial charge in [0.1, 0.15) is 5.69 Å². The summed E-state index contributed by atoms with van der Waals surface area (Å²) in [5, 5.41) is 12.1. The second-order valence-corrected chi connectivity index (χ2v) is 4.77. The Morgan fingerprint density at radius 2 is 2.05 bits per heavy atom. The number of aromatic nitrogens is 2. The first-order chi connectivity index (χ1) is 9.08. The van der Waals surface area contributed by atoms with Gasteiger partial charge in [-0.05, 0) is 25.5 Å². The molecular weight excluding hydrogens is 242 g/mol. The molecule has 1 aromatic heterocycles. The Kier molecular flexibility index (Phi) is 3.76. The summed E-state index contributed by atoms with van der Waals surface area (Å²) in [6.07, 6.45) is 2.08. The predicted octanol–water partition coefficient (Wildman–Crippen LogP) is 1.52. The predicted molar refractivity (Wildman–Crippen MR) is 72.8 cm³/mol. The number of nitrogens with one attached hydrogen (secondary N) is 1. The van der Waals surface area contributed by atoms with Crippen LogP contribution in [0.25, 0.3) is 11.0 Å². The van der Waals surface area contributed by atoms with Crippen LogP contribution in [0, 0.1) is 0 Å². The van der Waals surface area contributed by atoms with Gasteiger partial charge in [0, 0.05) is 0 Å². The van der Waals surface area contributed by atoms with E-state index in [0.717, 1.165) is 5.52 Å². The highest BCUT2D eigenvalue weighted by Gasteiger charge is 2.24. The fraction of sp³-hybridized carbons (Fsp3) is 0.357. The van der Waals surface area contributed by atoms with Crippen molar-refractivity contribution in [2.24, 2.45) is 0 Å². The molecule has 2 rings (SSSR count). The molecule has 0 saturated heterocycles. The van der Waals surface area contributed by atoms with Crippen LogP contribution in [0.15, 0.2) is 30.5 Å². The summed E-state index contributed by atoms with van der Waals surface area (Å²) >= 11 is 0. The number of hydrogen-bond acceptors (Lipinski definition) is 4. The van der Waals surface area contributed by atoms with E-state index in [2.05, 4.69) is 15.3 Å². The van der Waals surface area contributed by atoms with Gasteiger partial charge in [0.25, 0.3) is 5.91 Å². The Hall–Kier alpha value is -2.01. The lowest BCUT2D eigenvalue weighted by Gasteiger charge is -2.26. The molecule has 1 atom stereocenters. The smallest absolute Gasteiger partial charge is 0.272 e. The third kappa shape index (κ3) is 2.88. The van der Waals surface area contributed by atoms with Crippen molar-refractivity contribution in [2.75, 3.05) is 6.61 Å². The second-order valence-electron chi connectivity index (χ2n) is 4.77. The molecule has 0 saturated carbocycles. The number of aliphatic hydroxyl groups is 1. The Balaban J connectivity index is 2.26. The topological polar surface area (TPSA) is 75.1 Å². The maximum atomic E-state index is 12.1. The van der Waals surface area contributed by atoms with Gasteiger partial charge < -0.3 is 10.4 Å². The summed E-state index contributed by atoms with van der Waals surface area (Å²) in [6, 6.07) is 7.37. The fourth-order valence-electron chi connectivity index (χ4n) is 1.64. The van der Waals surface area contributed by atoms with Gasteiger partial charge in [0.05, 0.1) is 29.4 Å². The molecule has 0 bridgehead atoms. The molecule has 100 valence electrons. The van der Waals surface area contributed by atoms with Crippen molar-refractivity contribution in [3.63, 3.8) is 0 Å². The van der Waals surface area contributed by atoms with Gasteiger partial charge in [-0.2, -0.15) is 0 Å². The lowest BCUT2D eigenvalue weighted by Crippen LogP contribution is -2.48. The molecule has 0 aliphatic carbocycles. The molecule has 1 unspecified atom stereocenters. The Morgan fingerprint density at radius 1 is 1.37 bits per heavy atom. The van der Waals surface area contributed by atoms with E-state index < -0.39 is 5.54 Å². The van der Waals surface area contributed by atoms with Gasteiger partial charge in [-0.1, -0.05) is 19.1 Å². The summed E-state index contributed by atoms with van der Waals surface area (Å²) < 4.78 is 0. The van der Waals surface area contributed by atoms with Gasteiger partial charge in [0.15, 0.2) is 0 Å². The number of hydrogen-bond donors (Lipinski definition) is 2. The van der Waals surface area contributed by atoms with E-state index in [0.29, 0.717) is 11.9 Å². The second kappa shape index (κ2) is 5.32. The van der Waals surface area contributed by atoms with Crippen molar-refractivity contribution in [3.8, 4) is 0 Å². The number of benzene rings is 1. The first-order valence-electron chi connectivity index (χ1n) is 6.23. The highest BCUT2D eigenvalue weighted by Crippen LogP contribution is 2.11. The minimum absolute atomic E-state index is 0.115. The van der Waals surface area contributed by atoms with Crippen LogP contribution < -0.4 is 5.32 Å². The van der Waals surface area contributed by atoms with Crippen LogP contribution in [0.4, 0.5) is 0 Å². The molecule has 2 N–H and O–H groups in total. The van der Waals surface area contributed by atoms with Crippen LogP contribution in [0.5, 0.6) is 0 Å². The zero-order chi connectivity index (χ0) is 13.9. The van der Waals surface area contributed by atoms with E-state index in [1.807, 2.05) is 31.2 Å². The van der Waals surface area contributed by atoms with Crippen molar-refractivity contribution in [1.29, 1.82) is 0 Å². The molecule has 19 heavy (non-hydrogen) atoms. The number of carbonyl (C=O) groups is 1. The molecule has 5 heteroatoms. The Bertz CT molecular complexity index is 594. The quantitative estimate of drug-likeness (QED) is 0.873. The first-order valence-corrected chi connectivity index (χ1v) is 6.23. The van der Waals surface area contributed by atoms with E-state index in [9.17, 15) is 9.90 Å². The largest absolute Gasteiger partial charge is 0.394 e. The van der Waals surface area contributed by atoms with Gasteiger partial charge in [-0.25, -0.2) is 4.98 Å². The maximum Gasteiger partial charge on any atom is 0.272 e.